The summed E-state index contributed by atoms with van der Waals surface area (Å²) in [5.41, 5.74) is 4.42. The topological polar surface area (TPSA) is 94.2 Å². The third-order valence-electron chi connectivity index (χ3n) is 5.15. The highest BCUT2D eigenvalue weighted by atomic mass is 32.2. The molecule has 3 N–H and O–H groups in total. The fourth-order valence-corrected chi connectivity index (χ4v) is 4.47. The number of anilines is 1. The fourth-order valence-electron chi connectivity index (χ4n) is 3.67. The molecule has 0 bridgehead atoms. The van der Waals surface area contributed by atoms with Crippen molar-refractivity contribution in [3.63, 3.8) is 0 Å². The number of aromatic nitrogens is 1. The Bertz CT molecular complexity index is 1170. The molecule has 0 fully saturated rings. The van der Waals surface area contributed by atoms with E-state index in [0.29, 0.717) is 16.8 Å². The first kappa shape index (κ1) is 20.8. The molecule has 1 aromatic heterocycles. The number of benzene rings is 2. The van der Waals surface area contributed by atoms with Crippen molar-refractivity contribution in [2.45, 2.75) is 38.6 Å². The lowest BCUT2D eigenvalue weighted by Gasteiger charge is -2.19. The molecule has 3 rings (SSSR count). The second kappa shape index (κ2) is 7.85. The van der Waals surface area contributed by atoms with Gasteiger partial charge in [-0.2, -0.15) is 0 Å². The zero-order valence-corrected chi connectivity index (χ0v) is 17.7. The van der Waals surface area contributed by atoms with Crippen LogP contribution in [0.2, 0.25) is 0 Å². The summed E-state index contributed by atoms with van der Waals surface area (Å²) in [7, 11) is -3.86. The highest BCUT2D eigenvalue weighted by Crippen LogP contribution is 2.26. The summed E-state index contributed by atoms with van der Waals surface area (Å²) in [6, 6.07) is 16.7. The first-order valence-electron chi connectivity index (χ1n) is 9.27. The molecule has 0 radical (unpaired) electrons. The van der Waals surface area contributed by atoms with Gasteiger partial charge in [0.25, 0.3) is 5.91 Å². The van der Waals surface area contributed by atoms with E-state index < -0.39 is 10.0 Å². The van der Waals surface area contributed by atoms with Gasteiger partial charge in [-0.05, 0) is 57.0 Å². The van der Waals surface area contributed by atoms with Crippen molar-refractivity contribution in [3.05, 3.63) is 82.7 Å². The van der Waals surface area contributed by atoms with Crippen LogP contribution >= 0.6 is 0 Å². The van der Waals surface area contributed by atoms with Gasteiger partial charge in [0.15, 0.2) is 0 Å². The van der Waals surface area contributed by atoms with Crippen LogP contribution in [-0.2, 0) is 10.0 Å². The van der Waals surface area contributed by atoms with Gasteiger partial charge in [-0.3, -0.25) is 4.79 Å². The molecule has 0 spiro atoms. The number of carbonyl (C=O) groups is 1. The van der Waals surface area contributed by atoms with Crippen LogP contribution in [-0.4, -0.2) is 18.9 Å². The molecule has 29 heavy (non-hydrogen) atoms. The Morgan fingerprint density at radius 3 is 2.31 bits per heavy atom. The maximum Gasteiger partial charge on any atom is 0.257 e. The molecule has 1 amide bonds. The van der Waals surface area contributed by atoms with E-state index in [2.05, 4.69) is 28.9 Å². The Balaban J connectivity index is 1.92. The van der Waals surface area contributed by atoms with Crippen molar-refractivity contribution in [2.75, 3.05) is 5.32 Å². The van der Waals surface area contributed by atoms with E-state index in [0.717, 1.165) is 17.0 Å². The third kappa shape index (κ3) is 4.26. The van der Waals surface area contributed by atoms with E-state index >= 15 is 0 Å². The molecule has 0 saturated heterocycles. The van der Waals surface area contributed by atoms with Crippen molar-refractivity contribution in [2.24, 2.45) is 5.14 Å². The lowest BCUT2D eigenvalue weighted by Crippen LogP contribution is -2.17. The van der Waals surface area contributed by atoms with Gasteiger partial charge in [-0.15, -0.1) is 0 Å². The summed E-state index contributed by atoms with van der Waals surface area (Å²) in [6.45, 7) is 7.62. The Morgan fingerprint density at radius 1 is 1.03 bits per heavy atom. The maximum absolute atomic E-state index is 12.9. The lowest BCUT2D eigenvalue weighted by molar-refractivity contribution is 0.102. The standard InChI is InChI=1S/C22H25N3O3S/c1-14-10-11-19(13-21(14)29(23,27)28)24-22(26)20-12-15(2)25(17(20)4)16(3)18-8-6-5-7-9-18/h5-13,16H,1-4H3,(H,24,26)(H2,23,27,28)/t16-/m0/s1. The number of nitrogens with one attached hydrogen (secondary N) is 1. The van der Waals surface area contributed by atoms with Crippen LogP contribution in [0, 0.1) is 20.8 Å². The lowest BCUT2D eigenvalue weighted by atomic mass is 10.1. The normalized spacial score (nSPS) is 12.6. The van der Waals surface area contributed by atoms with Crippen LogP contribution in [0.5, 0.6) is 0 Å². The number of rotatable bonds is 5. The summed E-state index contributed by atoms with van der Waals surface area (Å²) in [6.07, 6.45) is 0. The minimum atomic E-state index is -3.86. The van der Waals surface area contributed by atoms with E-state index in [-0.39, 0.29) is 16.8 Å². The van der Waals surface area contributed by atoms with Gasteiger partial charge in [-0.1, -0.05) is 36.4 Å². The van der Waals surface area contributed by atoms with Crippen molar-refractivity contribution in [1.29, 1.82) is 0 Å². The second-order valence-electron chi connectivity index (χ2n) is 7.22. The van der Waals surface area contributed by atoms with E-state index in [1.165, 1.54) is 6.07 Å². The largest absolute Gasteiger partial charge is 0.341 e. The van der Waals surface area contributed by atoms with Crippen molar-refractivity contribution in [1.82, 2.24) is 4.57 Å². The number of nitrogens with two attached hydrogens (primary N) is 1. The van der Waals surface area contributed by atoms with Crippen molar-refractivity contribution >= 4 is 21.6 Å². The van der Waals surface area contributed by atoms with Crippen LogP contribution in [0.15, 0.2) is 59.5 Å². The summed E-state index contributed by atoms with van der Waals surface area (Å²) >= 11 is 0. The first-order chi connectivity index (χ1) is 13.6. The zero-order valence-electron chi connectivity index (χ0n) is 16.9. The molecule has 3 aromatic rings. The van der Waals surface area contributed by atoms with Gasteiger partial charge >= 0.3 is 0 Å². The zero-order chi connectivity index (χ0) is 21.3. The summed E-state index contributed by atoms with van der Waals surface area (Å²) in [4.78, 5) is 12.9. The monoisotopic (exact) mass is 411 g/mol. The fraction of sp³-hybridized carbons (Fsp3) is 0.227. The predicted octanol–water partition coefficient (Wildman–Crippen LogP) is 3.92. The van der Waals surface area contributed by atoms with E-state index in [1.807, 2.05) is 38.1 Å². The molecule has 0 aliphatic carbocycles. The Hall–Kier alpha value is -2.90. The van der Waals surface area contributed by atoms with Gasteiger partial charge in [0.1, 0.15) is 0 Å². The Morgan fingerprint density at radius 2 is 1.69 bits per heavy atom. The summed E-state index contributed by atoms with van der Waals surface area (Å²) in [5.74, 6) is -0.297. The number of hydrogen-bond donors (Lipinski definition) is 2. The molecule has 2 aromatic carbocycles. The van der Waals surface area contributed by atoms with Crippen LogP contribution in [0.4, 0.5) is 5.69 Å². The molecule has 7 heteroatoms. The molecular weight excluding hydrogens is 386 g/mol. The highest BCUT2D eigenvalue weighted by Gasteiger charge is 2.20. The molecule has 1 atom stereocenters. The Kier molecular flexibility index (Phi) is 5.64. The average molecular weight is 412 g/mol. The van der Waals surface area contributed by atoms with E-state index in [4.69, 9.17) is 5.14 Å². The maximum atomic E-state index is 12.9. The molecule has 0 saturated carbocycles. The van der Waals surface area contributed by atoms with Crippen LogP contribution in [0.25, 0.3) is 0 Å². The molecule has 0 aliphatic rings. The average Bonchev–Trinajstić information content (AvgIpc) is 2.97. The molecule has 0 aliphatic heterocycles. The Labute approximate surface area is 171 Å². The molecule has 152 valence electrons. The van der Waals surface area contributed by atoms with Crippen molar-refractivity contribution in [3.8, 4) is 0 Å². The molecule has 0 unspecified atom stereocenters. The summed E-state index contributed by atoms with van der Waals surface area (Å²) < 4.78 is 25.6. The second-order valence-corrected chi connectivity index (χ2v) is 8.75. The predicted molar refractivity (Wildman–Crippen MR) is 115 cm³/mol. The first-order valence-corrected chi connectivity index (χ1v) is 10.8. The number of sulfonamides is 1. The minimum Gasteiger partial charge on any atom is -0.341 e. The van der Waals surface area contributed by atoms with Gasteiger partial charge in [0, 0.05) is 17.1 Å². The van der Waals surface area contributed by atoms with Crippen LogP contribution in [0.1, 0.15) is 45.8 Å². The van der Waals surface area contributed by atoms with E-state index in [1.54, 1.807) is 19.1 Å². The number of carbonyl (C=O) groups excluding carboxylic acids is 1. The number of primary sulfonamides is 1. The van der Waals surface area contributed by atoms with Gasteiger partial charge in [0.05, 0.1) is 16.5 Å². The van der Waals surface area contributed by atoms with Crippen molar-refractivity contribution < 1.29 is 13.2 Å². The highest BCUT2D eigenvalue weighted by molar-refractivity contribution is 7.89. The number of nitrogens with zero attached hydrogens (tertiary/aromatic N) is 1. The smallest absolute Gasteiger partial charge is 0.257 e. The quantitative estimate of drug-likeness (QED) is 0.666. The molecular formula is C22H25N3O3S. The summed E-state index contributed by atoms with van der Waals surface area (Å²) in [5, 5.41) is 8.05. The SMILES string of the molecule is Cc1ccc(NC(=O)c2cc(C)n([C@@H](C)c3ccccc3)c2C)cc1S(N)(=O)=O. The number of aryl methyl sites for hydroxylation is 2. The van der Waals surface area contributed by atoms with E-state index in [9.17, 15) is 13.2 Å². The number of hydrogen-bond acceptors (Lipinski definition) is 3. The minimum absolute atomic E-state index is 0.00141. The third-order valence-corrected chi connectivity index (χ3v) is 6.20. The molecule has 6 nitrogen and oxygen atoms in total. The van der Waals surface area contributed by atoms with Gasteiger partial charge < -0.3 is 9.88 Å². The van der Waals surface area contributed by atoms with Gasteiger partial charge in [-0.25, -0.2) is 13.6 Å². The van der Waals surface area contributed by atoms with Crippen LogP contribution < -0.4 is 10.5 Å². The van der Waals surface area contributed by atoms with Crippen LogP contribution in [0.3, 0.4) is 0 Å². The number of amides is 1. The molecule has 1 heterocycles. The van der Waals surface area contributed by atoms with Gasteiger partial charge in [0.2, 0.25) is 10.0 Å².